The molecule has 1 aliphatic rings. The van der Waals surface area contributed by atoms with E-state index in [1.165, 1.54) is 16.2 Å². The molecular formula is C21H16ClN3O3S. The Bertz CT molecular complexity index is 1140. The molecule has 0 spiro atoms. The first-order chi connectivity index (χ1) is 13.9. The molecule has 3 aromatic rings. The average molecular weight is 426 g/mol. The summed E-state index contributed by atoms with van der Waals surface area (Å²) in [5, 5.41) is 20.5. The number of halogens is 1. The molecule has 1 aromatic heterocycles. The number of rotatable bonds is 3. The molecule has 0 aliphatic carbocycles. The SMILES string of the molecule is Cc1ccc([C@@H]2/C(=C(\O)c3ccc(Cl)cc3)C(=O)C(=O)N2c2nnc(C)s2)cc1. The predicted octanol–water partition coefficient (Wildman–Crippen LogP) is 4.43. The zero-order valence-electron chi connectivity index (χ0n) is 15.6. The van der Waals surface area contributed by atoms with E-state index in [0.717, 1.165) is 5.56 Å². The molecule has 6 nitrogen and oxygen atoms in total. The van der Waals surface area contributed by atoms with Crippen LogP contribution < -0.4 is 4.90 Å². The van der Waals surface area contributed by atoms with Gasteiger partial charge in [-0.15, -0.1) is 10.2 Å². The van der Waals surface area contributed by atoms with Crippen molar-refractivity contribution >= 4 is 45.5 Å². The van der Waals surface area contributed by atoms with E-state index in [1.54, 1.807) is 31.2 Å². The third-order valence-electron chi connectivity index (χ3n) is 4.68. The van der Waals surface area contributed by atoms with Crippen LogP contribution >= 0.6 is 22.9 Å². The van der Waals surface area contributed by atoms with Crippen molar-refractivity contribution in [3.63, 3.8) is 0 Å². The molecule has 1 fully saturated rings. The second kappa shape index (κ2) is 7.42. The van der Waals surface area contributed by atoms with Crippen LogP contribution in [0.3, 0.4) is 0 Å². The Morgan fingerprint density at radius 3 is 2.28 bits per heavy atom. The Morgan fingerprint density at radius 2 is 1.69 bits per heavy atom. The molecule has 4 rings (SSSR count). The molecule has 1 atom stereocenters. The lowest BCUT2D eigenvalue weighted by Crippen LogP contribution is -2.29. The number of aryl methyl sites for hydroxylation is 2. The number of anilines is 1. The summed E-state index contributed by atoms with van der Waals surface area (Å²) in [6.07, 6.45) is 0. The van der Waals surface area contributed by atoms with Gasteiger partial charge in [0.1, 0.15) is 10.8 Å². The van der Waals surface area contributed by atoms with Crippen LogP contribution in [0.15, 0.2) is 54.1 Å². The van der Waals surface area contributed by atoms with Crippen LogP contribution in [0.2, 0.25) is 5.02 Å². The van der Waals surface area contributed by atoms with Crippen molar-refractivity contribution < 1.29 is 14.7 Å². The molecule has 8 heteroatoms. The maximum Gasteiger partial charge on any atom is 0.301 e. The zero-order valence-corrected chi connectivity index (χ0v) is 17.2. The maximum absolute atomic E-state index is 12.9. The first-order valence-electron chi connectivity index (χ1n) is 8.80. The number of hydrogen-bond acceptors (Lipinski definition) is 6. The topological polar surface area (TPSA) is 83.4 Å². The van der Waals surface area contributed by atoms with Gasteiger partial charge in [-0.1, -0.05) is 52.8 Å². The average Bonchev–Trinajstić information content (AvgIpc) is 3.24. The fraction of sp³-hybridized carbons (Fsp3) is 0.143. The van der Waals surface area contributed by atoms with Gasteiger partial charge < -0.3 is 5.11 Å². The summed E-state index contributed by atoms with van der Waals surface area (Å²) < 4.78 is 0. The van der Waals surface area contributed by atoms with Crippen LogP contribution in [0.5, 0.6) is 0 Å². The minimum absolute atomic E-state index is 0.00836. The molecular weight excluding hydrogens is 410 g/mol. The van der Waals surface area contributed by atoms with Gasteiger partial charge in [0, 0.05) is 10.6 Å². The van der Waals surface area contributed by atoms with Crippen molar-refractivity contribution in [2.24, 2.45) is 0 Å². The highest BCUT2D eigenvalue weighted by atomic mass is 35.5. The summed E-state index contributed by atoms with van der Waals surface area (Å²) in [6, 6.07) is 13.1. The predicted molar refractivity (Wildman–Crippen MR) is 112 cm³/mol. The monoisotopic (exact) mass is 425 g/mol. The molecule has 1 N–H and O–H groups in total. The first kappa shape index (κ1) is 19.3. The molecule has 1 aliphatic heterocycles. The maximum atomic E-state index is 12.9. The molecule has 2 heterocycles. The van der Waals surface area contributed by atoms with Gasteiger partial charge in [0.2, 0.25) is 5.13 Å². The number of carbonyl (C=O) groups is 2. The van der Waals surface area contributed by atoms with Crippen LogP contribution in [-0.4, -0.2) is 27.0 Å². The van der Waals surface area contributed by atoms with Gasteiger partial charge in [0.05, 0.1) is 11.6 Å². The number of amides is 1. The zero-order chi connectivity index (χ0) is 20.7. The second-order valence-corrected chi connectivity index (χ2v) is 8.29. The fourth-order valence-electron chi connectivity index (χ4n) is 3.24. The lowest BCUT2D eigenvalue weighted by molar-refractivity contribution is -0.132. The van der Waals surface area contributed by atoms with Gasteiger partial charge in [0.25, 0.3) is 5.78 Å². The van der Waals surface area contributed by atoms with E-state index in [-0.39, 0.29) is 11.3 Å². The third-order valence-corrected chi connectivity index (χ3v) is 5.77. The number of hydrogen-bond donors (Lipinski definition) is 1. The highest BCUT2D eigenvalue weighted by Crippen LogP contribution is 2.42. The number of aromatic nitrogens is 2. The summed E-state index contributed by atoms with van der Waals surface area (Å²) in [7, 11) is 0. The summed E-state index contributed by atoms with van der Waals surface area (Å²) in [5.74, 6) is -1.77. The first-order valence-corrected chi connectivity index (χ1v) is 10.00. The van der Waals surface area contributed by atoms with E-state index in [4.69, 9.17) is 11.6 Å². The number of carbonyl (C=O) groups excluding carboxylic acids is 2. The number of benzene rings is 2. The number of nitrogens with zero attached hydrogens (tertiary/aromatic N) is 3. The molecule has 1 saturated heterocycles. The summed E-state index contributed by atoms with van der Waals surface area (Å²) in [5.41, 5.74) is 2.14. The van der Waals surface area contributed by atoms with Crippen LogP contribution in [-0.2, 0) is 9.59 Å². The smallest absolute Gasteiger partial charge is 0.301 e. The number of Topliss-reactive ketones (excluding diaryl/α,β-unsaturated/α-hetero) is 1. The van der Waals surface area contributed by atoms with Crippen LogP contribution in [0.25, 0.3) is 5.76 Å². The minimum Gasteiger partial charge on any atom is -0.507 e. The van der Waals surface area contributed by atoms with E-state index in [9.17, 15) is 14.7 Å². The summed E-state index contributed by atoms with van der Waals surface area (Å²) in [4.78, 5) is 27.2. The number of ketones is 1. The lowest BCUT2D eigenvalue weighted by atomic mass is 9.95. The Balaban J connectivity index is 1.93. The van der Waals surface area contributed by atoms with Crippen molar-refractivity contribution in [3.05, 3.63) is 80.8 Å². The Labute approximate surface area is 176 Å². The lowest BCUT2D eigenvalue weighted by Gasteiger charge is -2.22. The van der Waals surface area contributed by atoms with E-state index in [0.29, 0.717) is 26.3 Å². The van der Waals surface area contributed by atoms with Crippen molar-refractivity contribution in [2.75, 3.05) is 4.90 Å². The quantitative estimate of drug-likeness (QED) is 0.381. The van der Waals surface area contributed by atoms with Crippen molar-refractivity contribution in [3.8, 4) is 0 Å². The molecule has 29 heavy (non-hydrogen) atoms. The number of aliphatic hydroxyl groups is 1. The minimum atomic E-state index is -0.807. The number of aliphatic hydroxyl groups excluding tert-OH is 1. The van der Waals surface area contributed by atoms with E-state index in [1.807, 2.05) is 31.2 Å². The summed E-state index contributed by atoms with van der Waals surface area (Å²) >= 11 is 7.14. The third kappa shape index (κ3) is 3.43. The molecule has 2 aromatic carbocycles. The van der Waals surface area contributed by atoms with Crippen LogP contribution in [0.4, 0.5) is 5.13 Å². The van der Waals surface area contributed by atoms with Gasteiger partial charge in [-0.3, -0.25) is 14.5 Å². The Hall–Kier alpha value is -3.03. The molecule has 0 saturated carbocycles. The van der Waals surface area contributed by atoms with Gasteiger partial charge in [-0.05, 0) is 43.7 Å². The largest absolute Gasteiger partial charge is 0.507 e. The van der Waals surface area contributed by atoms with Gasteiger partial charge in [-0.25, -0.2) is 0 Å². The standard InChI is InChI=1S/C21H16ClN3O3S/c1-11-3-5-13(6-4-11)17-16(18(26)14-7-9-15(22)10-8-14)19(27)20(28)25(17)21-24-23-12(2)29-21/h3-10,17,26H,1-2H3/b18-16+/t17-/m1/s1. The van der Waals surface area contributed by atoms with Gasteiger partial charge in [-0.2, -0.15) is 0 Å². The van der Waals surface area contributed by atoms with Crippen molar-refractivity contribution in [1.82, 2.24) is 10.2 Å². The van der Waals surface area contributed by atoms with Crippen molar-refractivity contribution in [2.45, 2.75) is 19.9 Å². The molecule has 1 amide bonds. The van der Waals surface area contributed by atoms with Crippen LogP contribution in [0.1, 0.15) is 27.7 Å². The van der Waals surface area contributed by atoms with E-state index in [2.05, 4.69) is 10.2 Å². The van der Waals surface area contributed by atoms with Gasteiger partial charge in [0.15, 0.2) is 0 Å². The Kier molecular flexibility index (Phi) is 4.94. The molecule has 0 bridgehead atoms. The fourth-order valence-corrected chi connectivity index (χ4v) is 4.08. The highest BCUT2D eigenvalue weighted by Gasteiger charge is 2.48. The molecule has 0 unspecified atom stereocenters. The van der Waals surface area contributed by atoms with E-state index >= 15 is 0 Å². The summed E-state index contributed by atoms with van der Waals surface area (Å²) in [6.45, 7) is 3.72. The molecule has 0 radical (unpaired) electrons. The van der Waals surface area contributed by atoms with Gasteiger partial charge >= 0.3 is 5.91 Å². The van der Waals surface area contributed by atoms with Crippen molar-refractivity contribution in [1.29, 1.82) is 0 Å². The van der Waals surface area contributed by atoms with E-state index < -0.39 is 17.7 Å². The van der Waals surface area contributed by atoms with Crippen LogP contribution in [0, 0.1) is 13.8 Å². The Morgan fingerprint density at radius 1 is 1.03 bits per heavy atom. The highest BCUT2D eigenvalue weighted by molar-refractivity contribution is 7.15. The second-order valence-electron chi connectivity index (χ2n) is 6.69. The normalized spacial score (nSPS) is 18.4. The molecule has 146 valence electrons.